The van der Waals surface area contributed by atoms with Gasteiger partial charge in [-0.05, 0) is 6.92 Å². The molecule has 0 aromatic rings. The van der Waals surface area contributed by atoms with Gasteiger partial charge in [0.25, 0.3) is 5.97 Å². The highest BCUT2D eigenvalue weighted by Crippen LogP contribution is 2.03. The number of carbonyl (C=O) groups excluding carboxylic acids is 1. The van der Waals surface area contributed by atoms with Gasteiger partial charge in [-0.3, -0.25) is 9.59 Å². The fourth-order valence-corrected chi connectivity index (χ4v) is 0.703. The Hall–Kier alpha value is -0.190. The van der Waals surface area contributed by atoms with Gasteiger partial charge in [0.2, 0.25) is 0 Å². The lowest BCUT2D eigenvalue weighted by molar-refractivity contribution is -0.140. The van der Waals surface area contributed by atoms with Gasteiger partial charge in [0.15, 0.2) is 4.30 Å². The molecule has 0 aliphatic rings. The predicted molar refractivity (Wildman–Crippen MR) is 86.8 cm³/mol. The van der Waals surface area contributed by atoms with Crippen LogP contribution in [0.1, 0.15) is 60.3 Å². The van der Waals surface area contributed by atoms with Gasteiger partial charge in [-0.15, -0.1) is 0 Å². The van der Waals surface area contributed by atoms with Crippen molar-refractivity contribution in [2.24, 2.45) is 0 Å². The van der Waals surface area contributed by atoms with Crippen molar-refractivity contribution >= 4 is 46.7 Å². The first kappa shape index (κ1) is 28.0. The summed E-state index contributed by atoms with van der Waals surface area (Å²) >= 11 is 14.4. The number of halogens is 3. The Kier molecular flexibility index (Phi) is 38.1. The average molecular weight is 354 g/mol. The van der Waals surface area contributed by atoms with Gasteiger partial charge < -0.3 is 9.84 Å². The summed E-state index contributed by atoms with van der Waals surface area (Å²) in [6, 6.07) is 0. The molecule has 0 heterocycles. The van der Waals surface area contributed by atoms with Gasteiger partial charge in [0.1, 0.15) is 0 Å². The molecule has 20 heavy (non-hydrogen) atoms. The Labute approximate surface area is 137 Å². The standard InChI is InChI=1S/C6H14.C4H8O2.C2H4O2.CHCl3/c1-3-5-6-4-2;1-3-6-4(2)5;1-2(3)4;2-1(3)4/h3-6H2,1-2H3;3H2,1-2H3;1H3,(H,3,4);1H. The first-order valence-corrected chi connectivity index (χ1v) is 7.71. The molecule has 0 radical (unpaired) electrons. The highest BCUT2D eigenvalue weighted by molar-refractivity contribution is 6.63. The van der Waals surface area contributed by atoms with E-state index in [1.807, 2.05) is 0 Å². The first-order valence-electron chi connectivity index (χ1n) is 6.40. The second-order valence-electron chi connectivity index (χ2n) is 3.40. The van der Waals surface area contributed by atoms with Crippen LogP contribution in [0.3, 0.4) is 0 Å². The van der Waals surface area contributed by atoms with Gasteiger partial charge >= 0.3 is 5.97 Å². The van der Waals surface area contributed by atoms with Crippen molar-refractivity contribution in [2.75, 3.05) is 6.61 Å². The van der Waals surface area contributed by atoms with E-state index in [1.165, 1.54) is 32.6 Å². The van der Waals surface area contributed by atoms with Crippen LogP contribution in [0.2, 0.25) is 0 Å². The van der Waals surface area contributed by atoms with Crippen molar-refractivity contribution in [1.82, 2.24) is 0 Å². The summed E-state index contributed by atoms with van der Waals surface area (Å²) in [5, 5.41) is 7.42. The van der Waals surface area contributed by atoms with Crippen LogP contribution in [0.25, 0.3) is 0 Å². The molecule has 0 fully saturated rings. The molecule has 4 nitrogen and oxygen atoms in total. The van der Waals surface area contributed by atoms with E-state index in [9.17, 15) is 4.79 Å². The molecule has 1 N–H and O–H groups in total. The summed E-state index contributed by atoms with van der Waals surface area (Å²) in [4.78, 5) is 18.8. The molecule has 0 saturated carbocycles. The van der Waals surface area contributed by atoms with Crippen LogP contribution in [0, 0.1) is 0 Å². The lowest BCUT2D eigenvalue weighted by Gasteiger charge is -1.89. The Balaban J connectivity index is -0.0000000871. The smallest absolute Gasteiger partial charge is 0.302 e. The Morgan fingerprint density at radius 3 is 1.30 bits per heavy atom. The topological polar surface area (TPSA) is 63.6 Å². The average Bonchev–Trinajstić information content (AvgIpc) is 2.25. The molecule has 0 aliphatic heterocycles. The lowest BCUT2D eigenvalue weighted by Crippen LogP contribution is -1.95. The number of unbranched alkanes of at least 4 members (excludes halogenated alkanes) is 3. The van der Waals surface area contributed by atoms with Crippen LogP contribution in [0.15, 0.2) is 0 Å². The molecule has 0 saturated heterocycles. The van der Waals surface area contributed by atoms with E-state index < -0.39 is 10.3 Å². The molecular formula is C13H27Cl3O4. The highest BCUT2D eigenvalue weighted by Gasteiger charge is 1.81. The molecule has 0 unspecified atom stereocenters. The molecule has 0 aromatic heterocycles. The number of carboxylic acid groups (broad SMARTS) is 1. The number of carboxylic acids is 1. The summed E-state index contributed by atoms with van der Waals surface area (Å²) in [6.07, 6.45) is 5.54. The number of aliphatic carboxylic acids is 1. The monoisotopic (exact) mass is 352 g/mol. The molecule has 0 spiro atoms. The van der Waals surface area contributed by atoms with E-state index in [4.69, 9.17) is 44.7 Å². The molecule has 0 atom stereocenters. The van der Waals surface area contributed by atoms with E-state index in [2.05, 4.69) is 18.6 Å². The minimum Gasteiger partial charge on any atom is -0.481 e. The van der Waals surface area contributed by atoms with Crippen molar-refractivity contribution in [3.8, 4) is 0 Å². The summed E-state index contributed by atoms with van der Waals surface area (Å²) in [5.74, 6) is -1.04. The van der Waals surface area contributed by atoms with Crippen LogP contribution in [-0.2, 0) is 14.3 Å². The second-order valence-corrected chi connectivity index (χ2v) is 5.38. The van der Waals surface area contributed by atoms with Crippen molar-refractivity contribution in [2.45, 2.75) is 64.6 Å². The molecule has 7 heteroatoms. The minimum atomic E-state index is -0.833. The van der Waals surface area contributed by atoms with Crippen LogP contribution >= 0.6 is 34.8 Å². The van der Waals surface area contributed by atoms with Crippen molar-refractivity contribution in [1.29, 1.82) is 0 Å². The van der Waals surface area contributed by atoms with Gasteiger partial charge in [-0.25, -0.2) is 0 Å². The quantitative estimate of drug-likeness (QED) is 0.427. The number of hydrogen-bond acceptors (Lipinski definition) is 3. The lowest BCUT2D eigenvalue weighted by atomic mass is 10.2. The van der Waals surface area contributed by atoms with Crippen LogP contribution in [0.5, 0.6) is 0 Å². The van der Waals surface area contributed by atoms with E-state index in [0.29, 0.717) is 6.61 Å². The van der Waals surface area contributed by atoms with Gasteiger partial charge in [-0.1, -0.05) is 74.3 Å². The zero-order chi connectivity index (χ0) is 17.0. The highest BCUT2D eigenvalue weighted by atomic mass is 35.6. The molecule has 0 bridgehead atoms. The second kappa shape index (κ2) is 27.2. The fraction of sp³-hybridized carbons (Fsp3) is 0.846. The molecule has 124 valence electrons. The molecule has 0 aliphatic carbocycles. The first-order chi connectivity index (χ1) is 9.15. The number of hydrogen-bond donors (Lipinski definition) is 1. The summed E-state index contributed by atoms with van der Waals surface area (Å²) < 4.78 is 3.65. The summed E-state index contributed by atoms with van der Waals surface area (Å²) in [5.41, 5.74) is 0. The maximum atomic E-state index is 9.82. The Morgan fingerprint density at radius 1 is 1.00 bits per heavy atom. The number of alkyl halides is 3. The summed E-state index contributed by atoms with van der Waals surface area (Å²) in [6.45, 7) is 9.20. The van der Waals surface area contributed by atoms with E-state index in [1.54, 1.807) is 6.92 Å². The predicted octanol–water partition coefficient (Wildman–Crippen LogP) is 5.23. The van der Waals surface area contributed by atoms with Crippen molar-refractivity contribution < 1.29 is 19.4 Å². The van der Waals surface area contributed by atoms with Crippen LogP contribution < -0.4 is 0 Å². The van der Waals surface area contributed by atoms with E-state index in [0.717, 1.165) is 6.92 Å². The number of ether oxygens (including phenoxy) is 1. The third-order valence-corrected chi connectivity index (χ3v) is 1.30. The molecule has 0 aromatic carbocycles. The van der Waals surface area contributed by atoms with Gasteiger partial charge in [-0.2, -0.15) is 0 Å². The van der Waals surface area contributed by atoms with E-state index >= 15 is 0 Å². The zero-order valence-corrected chi connectivity index (χ0v) is 15.2. The van der Waals surface area contributed by atoms with E-state index in [-0.39, 0.29) is 5.97 Å². The maximum absolute atomic E-state index is 9.82. The zero-order valence-electron chi connectivity index (χ0n) is 12.9. The maximum Gasteiger partial charge on any atom is 0.302 e. The Bertz CT molecular complexity index is 189. The number of esters is 1. The third kappa shape index (κ3) is 149. The fourth-order valence-electron chi connectivity index (χ4n) is 0.703. The van der Waals surface area contributed by atoms with Crippen molar-refractivity contribution in [3.63, 3.8) is 0 Å². The summed E-state index contributed by atoms with van der Waals surface area (Å²) in [7, 11) is 0. The van der Waals surface area contributed by atoms with Crippen molar-refractivity contribution in [3.05, 3.63) is 0 Å². The molecular weight excluding hydrogens is 326 g/mol. The largest absolute Gasteiger partial charge is 0.481 e. The SMILES string of the molecule is CC(=O)O.CCCCCC.CCOC(C)=O.ClC(Cl)Cl. The normalized spacial score (nSPS) is 8.05. The van der Waals surface area contributed by atoms with Crippen LogP contribution in [0.4, 0.5) is 0 Å². The number of carbonyl (C=O) groups is 2. The molecule has 0 amide bonds. The van der Waals surface area contributed by atoms with Crippen LogP contribution in [-0.4, -0.2) is 27.9 Å². The third-order valence-electron chi connectivity index (χ3n) is 1.30. The minimum absolute atomic E-state index is 0.211. The van der Waals surface area contributed by atoms with Gasteiger partial charge in [0.05, 0.1) is 6.61 Å². The molecule has 0 rings (SSSR count). The van der Waals surface area contributed by atoms with Gasteiger partial charge in [0, 0.05) is 13.8 Å². The number of rotatable bonds is 4. The Morgan fingerprint density at radius 2 is 1.25 bits per heavy atom.